The lowest BCUT2D eigenvalue weighted by molar-refractivity contribution is -0.384. The molecule has 1 aliphatic heterocycles. The maximum Gasteiger partial charge on any atom is 0.269 e. The first-order valence-corrected chi connectivity index (χ1v) is 6.88. The Kier molecular flexibility index (Phi) is 5.06. The van der Waals surface area contributed by atoms with E-state index < -0.39 is 4.92 Å². The van der Waals surface area contributed by atoms with Gasteiger partial charge in [-0.15, -0.1) is 0 Å². The number of hydrogen-bond donors (Lipinski definition) is 2. The zero-order chi connectivity index (χ0) is 14.4. The zero-order valence-electron chi connectivity index (χ0n) is 11.3. The van der Waals surface area contributed by atoms with Crippen LogP contribution in [-0.4, -0.2) is 30.5 Å². The van der Waals surface area contributed by atoms with Gasteiger partial charge in [-0.1, -0.05) is 12.1 Å². The summed E-state index contributed by atoms with van der Waals surface area (Å²) in [5.74, 6) is 0.166. The molecule has 0 saturated carbocycles. The normalized spacial score (nSPS) is 18.5. The summed E-state index contributed by atoms with van der Waals surface area (Å²) < 4.78 is 0. The van der Waals surface area contributed by atoms with E-state index in [0.717, 1.165) is 31.5 Å². The quantitative estimate of drug-likeness (QED) is 0.626. The third kappa shape index (κ3) is 4.03. The fourth-order valence-electron chi connectivity index (χ4n) is 2.33. The van der Waals surface area contributed by atoms with Crippen LogP contribution in [0.25, 0.3) is 0 Å². The predicted octanol–water partition coefficient (Wildman–Crippen LogP) is 1.25. The average molecular weight is 277 g/mol. The van der Waals surface area contributed by atoms with Crippen LogP contribution in [0.5, 0.6) is 0 Å². The Bertz CT molecular complexity index is 467. The molecule has 1 aliphatic rings. The molecule has 0 bridgehead atoms. The topological polar surface area (TPSA) is 84.3 Å². The van der Waals surface area contributed by atoms with Gasteiger partial charge in [0.05, 0.1) is 10.8 Å². The van der Waals surface area contributed by atoms with E-state index in [1.54, 1.807) is 12.1 Å². The Hall–Kier alpha value is -1.95. The molecule has 1 aromatic carbocycles. The molecule has 1 heterocycles. The molecule has 6 nitrogen and oxygen atoms in total. The van der Waals surface area contributed by atoms with Crippen LogP contribution in [0, 0.1) is 16.0 Å². The molecule has 1 unspecified atom stereocenters. The van der Waals surface area contributed by atoms with Crippen molar-refractivity contribution in [3.05, 3.63) is 39.9 Å². The number of non-ortho nitro benzene ring substituents is 1. The van der Waals surface area contributed by atoms with Gasteiger partial charge in [0.15, 0.2) is 0 Å². The lowest BCUT2D eigenvalue weighted by Crippen LogP contribution is -2.41. The van der Waals surface area contributed by atoms with Gasteiger partial charge in [-0.2, -0.15) is 0 Å². The Morgan fingerprint density at radius 2 is 2.15 bits per heavy atom. The van der Waals surface area contributed by atoms with E-state index in [4.69, 9.17) is 0 Å². The van der Waals surface area contributed by atoms with Gasteiger partial charge in [-0.05, 0) is 31.4 Å². The molecule has 0 aromatic heterocycles. The average Bonchev–Trinajstić information content (AvgIpc) is 2.48. The van der Waals surface area contributed by atoms with Crippen molar-refractivity contribution in [3.8, 4) is 0 Å². The predicted molar refractivity (Wildman–Crippen MR) is 75.4 cm³/mol. The highest BCUT2D eigenvalue weighted by molar-refractivity contribution is 5.78. The first kappa shape index (κ1) is 14.5. The lowest BCUT2D eigenvalue weighted by atomic mass is 9.99. The molecule has 0 radical (unpaired) electrons. The Balaban J connectivity index is 1.74. The summed E-state index contributed by atoms with van der Waals surface area (Å²) in [5.41, 5.74) is 1.07. The second kappa shape index (κ2) is 7.00. The number of carbonyl (C=O) groups is 1. The molecule has 0 aliphatic carbocycles. The van der Waals surface area contributed by atoms with Crippen molar-refractivity contribution in [2.75, 3.05) is 19.6 Å². The van der Waals surface area contributed by atoms with E-state index >= 15 is 0 Å². The van der Waals surface area contributed by atoms with Crippen LogP contribution in [-0.2, 0) is 11.2 Å². The van der Waals surface area contributed by atoms with Gasteiger partial charge < -0.3 is 10.6 Å². The first-order chi connectivity index (χ1) is 9.66. The molecule has 1 fully saturated rings. The monoisotopic (exact) mass is 277 g/mol. The van der Waals surface area contributed by atoms with E-state index in [9.17, 15) is 14.9 Å². The molecular weight excluding hydrogens is 258 g/mol. The van der Waals surface area contributed by atoms with Gasteiger partial charge in [-0.25, -0.2) is 0 Å². The maximum absolute atomic E-state index is 11.9. The van der Waals surface area contributed by atoms with Crippen LogP contribution in [0.15, 0.2) is 24.3 Å². The molecule has 108 valence electrons. The van der Waals surface area contributed by atoms with Crippen molar-refractivity contribution in [3.63, 3.8) is 0 Å². The molecule has 1 atom stereocenters. The van der Waals surface area contributed by atoms with Crippen LogP contribution in [0.1, 0.15) is 18.4 Å². The van der Waals surface area contributed by atoms with Crippen LogP contribution in [0.4, 0.5) is 5.69 Å². The number of nitrogens with one attached hydrogen (secondary N) is 2. The molecule has 2 N–H and O–H groups in total. The van der Waals surface area contributed by atoms with Crippen LogP contribution >= 0.6 is 0 Å². The summed E-state index contributed by atoms with van der Waals surface area (Å²) in [4.78, 5) is 22.0. The Labute approximate surface area is 117 Å². The third-order valence-electron chi connectivity index (χ3n) is 3.53. The highest BCUT2D eigenvalue weighted by Crippen LogP contribution is 2.12. The number of benzene rings is 1. The lowest BCUT2D eigenvalue weighted by Gasteiger charge is -2.21. The molecule has 1 aromatic rings. The third-order valence-corrected chi connectivity index (χ3v) is 3.53. The first-order valence-electron chi connectivity index (χ1n) is 6.88. The standard InChI is InChI=1S/C14H19N3O3/c18-14(12-2-1-8-15-10-12)16-9-7-11-3-5-13(6-4-11)17(19)20/h3-6,12,15H,1-2,7-10H2,(H,16,18). The molecular formula is C14H19N3O3. The molecule has 2 rings (SSSR count). The SMILES string of the molecule is O=C(NCCc1ccc([N+](=O)[O-])cc1)C1CCCNC1. The number of amides is 1. The van der Waals surface area contributed by atoms with Crippen molar-refractivity contribution in [1.29, 1.82) is 0 Å². The van der Waals surface area contributed by atoms with Gasteiger partial charge in [0.1, 0.15) is 0 Å². The molecule has 6 heteroatoms. The number of piperidine rings is 1. The van der Waals surface area contributed by atoms with Crippen molar-refractivity contribution < 1.29 is 9.72 Å². The number of carbonyl (C=O) groups excluding carboxylic acids is 1. The van der Waals surface area contributed by atoms with Gasteiger partial charge in [0.2, 0.25) is 5.91 Å². The van der Waals surface area contributed by atoms with Gasteiger partial charge in [0.25, 0.3) is 5.69 Å². The second-order valence-corrected chi connectivity index (χ2v) is 5.01. The number of nitro benzene ring substituents is 1. The Morgan fingerprint density at radius 3 is 2.75 bits per heavy atom. The number of hydrogen-bond acceptors (Lipinski definition) is 4. The maximum atomic E-state index is 11.9. The summed E-state index contributed by atoms with van der Waals surface area (Å²) in [7, 11) is 0. The van der Waals surface area contributed by atoms with Crippen molar-refractivity contribution in [1.82, 2.24) is 10.6 Å². The van der Waals surface area contributed by atoms with Crippen molar-refractivity contribution in [2.24, 2.45) is 5.92 Å². The summed E-state index contributed by atoms with van der Waals surface area (Å²) in [6.07, 6.45) is 2.67. The largest absolute Gasteiger partial charge is 0.355 e. The summed E-state index contributed by atoms with van der Waals surface area (Å²) in [6, 6.07) is 6.43. The van der Waals surface area contributed by atoms with E-state index in [-0.39, 0.29) is 17.5 Å². The van der Waals surface area contributed by atoms with Crippen LogP contribution < -0.4 is 10.6 Å². The fraction of sp³-hybridized carbons (Fsp3) is 0.500. The molecule has 1 saturated heterocycles. The summed E-state index contributed by atoms with van der Waals surface area (Å²) in [6.45, 7) is 2.31. The van der Waals surface area contributed by atoms with Crippen LogP contribution in [0.3, 0.4) is 0 Å². The summed E-state index contributed by atoms with van der Waals surface area (Å²) in [5, 5.41) is 16.7. The minimum absolute atomic E-state index is 0.0700. The minimum atomic E-state index is -0.415. The van der Waals surface area contributed by atoms with Crippen molar-refractivity contribution >= 4 is 11.6 Å². The fourth-order valence-corrected chi connectivity index (χ4v) is 2.33. The molecule has 0 spiro atoms. The van der Waals surface area contributed by atoms with Crippen molar-refractivity contribution in [2.45, 2.75) is 19.3 Å². The van der Waals surface area contributed by atoms with E-state index in [1.165, 1.54) is 12.1 Å². The summed E-state index contributed by atoms with van der Waals surface area (Å²) >= 11 is 0. The van der Waals surface area contributed by atoms with E-state index in [1.807, 2.05) is 0 Å². The smallest absolute Gasteiger partial charge is 0.269 e. The molecule has 1 amide bonds. The number of rotatable bonds is 5. The highest BCUT2D eigenvalue weighted by atomic mass is 16.6. The van der Waals surface area contributed by atoms with Gasteiger partial charge in [-0.3, -0.25) is 14.9 Å². The minimum Gasteiger partial charge on any atom is -0.355 e. The number of nitro groups is 1. The Morgan fingerprint density at radius 1 is 1.40 bits per heavy atom. The van der Waals surface area contributed by atoms with E-state index in [2.05, 4.69) is 10.6 Å². The van der Waals surface area contributed by atoms with Gasteiger partial charge in [0, 0.05) is 25.2 Å². The van der Waals surface area contributed by atoms with Gasteiger partial charge >= 0.3 is 0 Å². The number of nitrogens with zero attached hydrogens (tertiary/aromatic N) is 1. The second-order valence-electron chi connectivity index (χ2n) is 5.01. The molecule has 20 heavy (non-hydrogen) atoms. The van der Waals surface area contributed by atoms with Crippen LogP contribution in [0.2, 0.25) is 0 Å². The highest BCUT2D eigenvalue weighted by Gasteiger charge is 2.20. The van der Waals surface area contributed by atoms with E-state index in [0.29, 0.717) is 13.0 Å². The zero-order valence-corrected chi connectivity index (χ0v) is 11.3.